The van der Waals surface area contributed by atoms with Crippen molar-refractivity contribution in [3.8, 4) is 6.07 Å². The second-order valence-electron chi connectivity index (χ2n) is 59.5. The zero-order valence-electron chi connectivity index (χ0n) is 96.7. The highest BCUT2D eigenvalue weighted by atomic mass is 32.3. The molecular weight excluding hydrogens is 1840 g/mol. The van der Waals surface area contributed by atoms with E-state index in [1.54, 1.807) is 0 Å². The van der Waals surface area contributed by atoms with Crippen molar-refractivity contribution in [2.45, 2.75) is 515 Å². The van der Waals surface area contributed by atoms with Gasteiger partial charge in [-0.3, -0.25) is 4.55 Å². The van der Waals surface area contributed by atoms with Gasteiger partial charge in [-0.2, -0.15) is 13.7 Å². The summed E-state index contributed by atoms with van der Waals surface area (Å²) >= 11 is 0. The highest BCUT2D eigenvalue weighted by Gasteiger charge is 2.73. The fourth-order valence-electron chi connectivity index (χ4n) is 47.7. The van der Waals surface area contributed by atoms with E-state index < -0.39 is 10.4 Å². The van der Waals surface area contributed by atoms with Crippen molar-refractivity contribution in [1.29, 1.82) is 5.26 Å². The number of hydrogen-bond donors (Lipinski definition) is 12. The number of nitrogens with zero attached hydrogens (tertiary/aromatic N) is 1. The predicted octanol–water partition coefficient (Wildman–Crippen LogP) is 27.1. The van der Waals surface area contributed by atoms with Gasteiger partial charge in [-0.05, 0) is 525 Å². The van der Waals surface area contributed by atoms with Crippen molar-refractivity contribution in [3.05, 3.63) is 0 Å². The van der Waals surface area contributed by atoms with E-state index in [0.717, 1.165) is 170 Å². The largest absolute Gasteiger partial charge is 0.397 e. The van der Waals surface area contributed by atoms with Crippen LogP contribution in [-0.4, -0.2) is 144 Å². The summed E-state index contributed by atoms with van der Waals surface area (Å²) in [6.45, 7) is 49.7. The smallest absolute Gasteiger partial charge is 0.396 e. The van der Waals surface area contributed by atoms with Gasteiger partial charge in [0, 0.05) is 26.2 Å². The molecule has 20 rings (SSSR count). The Morgan fingerprint density at radius 2 is 0.500 bits per heavy atom. The van der Waals surface area contributed by atoms with Gasteiger partial charge < -0.3 is 56.2 Å². The molecule has 20 fully saturated rings. The average molecular weight is 2060 g/mol. The number of nitriles is 1. The van der Waals surface area contributed by atoms with Gasteiger partial charge in [-0.15, -0.1) is 0 Å². The van der Waals surface area contributed by atoms with Gasteiger partial charge in [0.05, 0.1) is 61.5 Å². The minimum absolute atomic E-state index is 0.0529. The first-order valence-electron chi connectivity index (χ1n) is 63.5. The molecule has 842 valence electrons. The van der Waals surface area contributed by atoms with Crippen LogP contribution in [0.2, 0.25) is 0 Å². The first-order valence-corrected chi connectivity index (χ1v) is 64.9. The van der Waals surface area contributed by atoms with Gasteiger partial charge in [-0.25, -0.2) is 4.18 Å². The summed E-state index contributed by atoms with van der Waals surface area (Å²) in [6, 6.07) is 2.41. The van der Waals surface area contributed by atoms with Crippen LogP contribution in [-0.2, 0) is 14.6 Å². The van der Waals surface area contributed by atoms with Crippen LogP contribution in [0.3, 0.4) is 0 Å². The molecule has 0 heterocycles. The molecule has 20 aliphatic rings. The van der Waals surface area contributed by atoms with Crippen LogP contribution < -0.4 is 0 Å². The van der Waals surface area contributed by atoms with Gasteiger partial charge >= 0.3 is 10.4 Å². The normalized spacial score (nSPS) is 51.8. The molecule has 0 aliphatic heterocycles. The Kier molecular flexibility index (Phi) is 37.5. The number of rotatable bonds is 25. The molecule has 0 amide bonds. The van der Waals surface area contributed by atoms with E-state index in [4.69, 9.17) is 4.55 Å². The van der Waals surface area contributed by atoms with E-state index in [1.165, 1.54) is 180 Å². The maximum absolute atomic E-state index is 11.8. The van der Waals surface area contributed by atoms with Crippen molar-refractivity contribution in [2.75, 3.05) is 26.4 Å². The van der Waals surface area contributed by atoms with E-state index in [1.807, 2.05) is 0 Å². The maximum Gasteiger partial charge on any atom is 0.397 e. The Labute approximate surface area is 891 Å². The van der Waals surface area contributed by atoms with Crippen molar-refractivity contribution < 1.29 is 73.3 Å². The number of aliphatic hydroxyl groups is 11. The molecule has 53 atom stereocenters. The minimum atomic E-state index is -4.34. The number of hydrogen-bond acceptors (Lipinski definition) is 15. The van der Waals surface area contributed by atoms with Gasteiger partial charge in [0.1, 0.15) is 0 Å². The van der Waals surface area contributed by atoms with E-state index in [0.29, 0.717) is 242 Å². The average Bonchev–Trinajstić information content (AvgIpc) is 1.41. The summed E-state index contributed by atoms with van der Waals surface area (Å²) in [7, 11) is -4.34. The van der Waals surface area contributed by atoms with E-state index in [9.17, 15) is 69.9 Å². The van der Waals surface area contributed by atoms with Gasteiger partial charge in [-0.1, -0.05) is 196 Å². The fraction of sp³-hybridized carbons (Fsp3) is 0.992. The molecule has 16 nitrogen and oxygen atoms in total. The van der Waals surface area contributed by atoms with E-state index in [-0.39, 0.29) is 71.7 Å². The summed E-state index contributed by atoms with van der Waals surface area (Å²) in [5.74, 6) is 20.2. The summed E-state index contributed by atoms with van der Waals surface area (Å²) in [5.41, 5.74) is 3.42. The van der Waals surface area contributed by atoms with Crippen LogP contribution in [0.1, 0.15) is 466 Å². The molecule has 0 aromatic rings. The molecular formula is C129H225NO15S. The van der Waals surface area contributed by atoms with Crippen molar-refractivity contribution in [1.82, 2.24) is 0 Å². The highest BCUT2D eigenvalue weighted by molar-refractivity contribution is 7.80. The van der Waals surface area contributed by atoms with Crippen LogP contribution in [0.15, 0.2) is 0 Å². The van der Waals surface area contributed by atoms with Crippen molar-refractivity contribution in [2.24, 2.45) is 261 Å². The predicted molar refractivity (Wildman–Crippen MR) is 588 cm³/mol. The molecule has 20 aliphatic carbocycles. The van der Waals surface area contributed by atoms with Crippen molar-refractivity contribution >= 4 is 10.4 Å². The molecule has 146 heavy (non-hydrogen) atoms. The van der Waals surface area contributed by atoms with Crippen LogP contribution in [0.4, 0.5) is 0 Å². The van der Waals surface area contributed by atoms with Crippen LogP contribution in [0.5, 0.6) is 0 Å². The summed E-state index contributed by atoms with van der Waals surface area (Å²) in [5, 5.41) is 127. The lowest BCUT2D eigenvalue weighted by molar-refractivity contribution is -0.203. The van der Waals surface area contributed by atoms with Crippen LogP contribution in [0.25, 0.3) is 0 Å². The summed E-state index contributed by atoms with van der Waals surface area (Å²) < 4.78 is 35.0. The lowest BCUT2D eigenvalue weighted by atomic mass is 9.41. The summed E-state index contributed by atoms with van der Waals surface area (Å²) in [6.07, 6.45) is 58.0. The topological polar surface area (TPSA) is 310 Å². The van der Waals surface area contributed by atoms with E-state index in [2.05, 4.69) is 149 Å². The minimum Gasteiger partial charge on any atom is -0.396 e. The Morgan fingerprint density at radius 3 is 0.733 bits per heavy atom. The van der Waals surface area contributed by atoms with Crippen molar-refractivity contribution in [3.63, 3.8) is 0 Å². The lowest BCUT2D eigenvalue weighted by Gasteiger charge is -2.64. The van der Waals surface area contributed by atoms with Crippen LogP contribution >= 0.6 is 0 Å². The Morgan fingerprint density at radius 1 is 0.281 bits per heavy atom. The Balaban J connectivity index is 0.000000131. The molecule has 0 saturated heterocycles. The third-order valence-corrected chi connectivity index (χ3v) is 55.0. The zero-order valence-corrected chi connectivity index (χ0v) is 97.5. The molecule has 17 heteroatoms. The first-order chi connectivity index (χ1) is 69.2. The molecule has 0 aromatic carbocycles. The second kappa shape index (κ2) is 46.7. The third kappa shape index (κ3) is 20.7. The standard InChI is InChI=1S/C26H46O5S.2C26H46O3.C26H46O2.C25H41NO2/c1-5-18-20-10-6-7-14-25(20,3)22-13-15-26(4)19(11-12-21(26)23(22)24(18)27)17(2)9-8-16-31-32(28,29)30;2*1-5-18-22-15-17(28)10-12-26(22,4)21-11-13-25(3)19(16(2)7-6-14-27)8-9-20(25)23(21)24(18)29;1-5-18-20-10-6-7-14-25(20,3)22-13-15-26(4)19(17(2)9-8-16-27)11-12-21(26)23(22)24(18)28;1-5-17-21-14-16(27)8-11-25(21,4)20-9-12-24(3)18(15(2)10-13-26)6-7-19(24)22(20)23(17)28/h17-24,27H,5-16H2,1-4H3,(H,28,29,30);2*16-24,27-29H,5-15H2,1-4H3;17-24,27-28H,5-16H2,1-4H3;15-23,27-28H,5-12,14H2,1-4H3/t17-,18-,19-,20+,21?,22?,23?,24-,25+,26-;16-,17-,18+,19-,20?,21?,22+,23?,24-,25-,26-;16-,17-,18-,19-,20?,21?,22+,23?,24-,25-,26-;17-,18-,19-,20+,21?,22?,23?,24-,25+,26-;15-,16-,17-,18-,19?,20?,21+,22?,23-,24-,25-/m11111/s1. The molecule has 15 unspecified atom stereocenters. The zero-order chi connectivity index (χ0) is 106. The SMILES string of the molecule is CC[C@@H]1[C@@H](O)C2C3CC[C@H]([C@H](C)CCCO)[C@@]3(C)CCC2[C@@]2(C)CC[C@@H](O)C[C@@H]12.CC[C@H]1[C@@H](O)C2C3CC[C@H]([C@H](C)CC#N)[C@@]3(C)CCC2[C@@]2(C)CC[C@@H](O)C[C@@H]12.CC[C@H]1[C@@H](O)C2C3CC[C@H]([C@H](C)CCCO)[C@@]3(C)CCC2[C@@]2(C)CCCC[C@@H]12.CC[C@H]1[C@@H](O)C2C3CC[C@H]([C@H](C)CCCO)[C@@]3(C)CCC2[C@@]2(C)CC[C@@H](O)C[C@@H]12.CC[C@H]1[C@@H](O)C2C3CC[C@H]([C@H](C)CCCOS(=O)(=O)O)[C@@]3(C)CCC2[C@@]2(C)CCCC[C@@H]12. The molecule has 0 radical (unpaired) electrons. The Hall–Kier alpha value is -1.08. The molecule has 20 saturated carbocycles. The molecule has 0 spiro atoms. The fourth-order valence-corrected chi connectivity index (χ4v) is 48.1. The molecule has 12 N–H and O–H groups in total. The highest BCUT2D eigenvalue weighted by Crippen LogP contribution is 2.78. The molecule has 0 bridgehead atoms. The number of aliphatic hydroxyl groups excluding tert-OH is 11. The lowest BCUT2D eigenvalue weighted by Crippen LogP contribution is -2.62. The number of fused-ring (bicyclic) bond motifs is 25. The Bertz CT molecular complexity index is 4240. The van der Waals surface area contributed by atoms with Crippen LogP contribution in [0, 0.1) is 273 Å². The van der Waals surface area contributed by atoms with Gasteiger partial charge in [0.25, 0.3) is 0 Å². The second-order valence-corrected chi connectivity index (χ2v) is 60.6. The maximum atomic E-state index is 11.8. The van der Waals surface area contributed by atoms with E-state index >= 15 is 0 Å². The molecule has 0 aromatic heterocycles. The monoisotopic (exact) mass is 2060 g/mol. The third-order valence-electron chi connectivity index (χ3n) is 54.5. The first kappa shape index (κ1) is 117. The van der Waals surface area contributed by atoms with Gasteiger partial charge in [0.15, 0.2) is 0 Å². The quantitative estimate of drug-likeness (QED) is 0.0299. The summed E-state index contributed by atoms with van der Waals surface area (Å²) in [4.78, 5) is 0. The van der Waals surface area contributed by atoms with Gasteiger partial charge in [0.2, 0.25) is 0 Å².